The van der Waals surface area contributed by atoms with Gasteiger partial charge in [-0.1, -0.05) is 11.6 Å². The van der Waals surface area contributed by atoms with Crippen LogP contribution in [0.3, 0.4) is 0 Å². The number of rotatable bonds is 3. The summed E-state index contributed by atoms with van der Waals surface area (Å²) in [4.78, 5) is 13.6. The van der Waals surface area contributed by atoms with E-state index in [-0.39, 0.29) is 5.91 Å². The third-order valence-electron chi connectivity index (χ3n) is 3.20. The number of amides is 1. The van der Waals surface area contributed by atoms with Gasteiger partial charge in [0.15, 0.2) is 0 Å². The number of hydrogen-bond acceptors (Lipinski definition) is 3. The predicted octanol–water partition coefficient (Wildman–Crippen LogP) is 3.35. The normalized spacial score (nSPS) is 16.2. The molecule has 0 saturated carbocycles. The van der Waals surface area contributed by atoms with Gasteiger partial charge in [-0.25, -0.2) is 0 Å². The molecular formula is C14H19ClN2OS. The molecular weight excluding hydrogens is 280 g/mol. The van der Waals surface area contributed by atoms with Crippen molar-refractivity contribution in [2.45, 2.75) is 18.9 Å². The molecule has 0 bridgehead atoms. The monoisotopic (exact) mass is 298 g/mol. The Morgan fingerprint density at radius 2 is 2.05 bits per heavy atom. The Balaban J connectivity index is 2.13. The number of carbonyl (C=O) groups is 1. The summed E-state index contributed by atoms with van der Waals surface area (Å²) < 4.78 is 0. The Bertz CT molecular complexity index is 459. The minimum Gasteiger partial charge on any atom is -0.382 e. The van der Waals surface area contributed by atoms with E-state index in [0.29, 0.717) is 16.6 Å². The maximum Gasteiger partial charge on any atom is 0.254 e. The zero-order chi connectivity index (χ0) is 13.8. The summed E-state index contributed by atoms with van der Waals surface area (Å²) in [5.41, 5.74) is 1.54. The van der Waals surface area contributed by atoms with Crippen molar-refractivity contribution in [1.29, 1.82) is 0 Å². The highest BCUT2D eigenvalue weighted by Gasteiger charge is 2.16. The van der Waals surface area contributed by atoms with Gasteiger partial charge in [0, 0.05) is 25.8 Å². The molecule has 1 aromatic carbocycles. The smallest absolute Gasteiger partial charge is 0.254 e. The van der Waals surface area contributed by atoms with Gasteiger partial charge < -0.3 is 10.2 Å². The number of thioether (sulfide) groups is 1. The van der Waals surface area contributed by atoms with E-state index in [4.69, 9.17) is 11.6 Å². The average Bonchev–Trinajstić information content (AvgIpc) is 2.41. The molecule has 3 nitrogen and oxygen atoms in total. The number of benzene rings is 1. The molecule has 1 aliphatic rings. The minimum atomic E-state index is -0.0622. The van der Waals surface area contributed by atoms with Crippen LogP contribution in [0.1, 0.15) is 23.2 Å². The first-order chi connectivity index (χ1) is 9.08. The van der Waals surface area contributed by atoms with Crippen LogP contribution in [-0.4, -0.2) is 42.4 Å². The van der Waals surface area contributed by atoms with Crippen LogP contribution in [0.15, 0.2) is 18.2 Å². The molecule has 0 atom stereocenters. The van der Waals surface area contributed by atoms with E-state index in [1.807, 2.05) is 23.9 Å². The second kappa shape index (κ2) is 6.53. The standard InChI is InChI=1S/C14H19ClN2OS/c1-17(2)14(18)12-9-11(3-4-13(12)15)16-10-5-7-19-8-6-10/h3-4,9-10,16H,5-8H2,1-2H3. The van der Waals surface area contributed by atoms with Crippen molar-refractivity contribution in [2.75, 3.05) is 30.9 Å². The fourth-order valence-corrected chi connectivity index (χ4v) is 3.40. The van der Waals surface area contributed by atoms with Crippen LogP contribution in [0, 0.1) is 0 Å². The first kappa shape index (κ1) is 14.5. The van der Waals surface area contributed by atoms with Crippen LogP contribution in [0.5, 0.6) is 0 Å². The highest BCUT2D eigenvalue weighted by molar-refractivity contribution is 7.99. The summed E-state index contributed by atoms with van der Waals surface area (Å²) >= 11 is 8.10. The van der Waals surface area contributed by atoms with Gasteiger partial charge in [-0.15, -0.1) is 0 Å². The zero-order valence-electron chi connectivity index (χ0n) is 11.3. The molecule has 0 radical (unpaired) electrons. The van der Waals surface area contributed by atoms with Crippen molar-refractivity contribution in [1.82, 2.24) is 4.90 Å². The fraction of sp³-hybridized carbons (Fsp3) is 0.500. The van der Waals surface area contributed by atoms with Gasteiger partial charge in [-0.2, -0.15) is 11.8 Å². The Hall–Kier alpha value is -0.870. The Kier molecular flexibility index (Phi) is 4.99. The molecule has 19 heavy (non-hydrogen) atoms. The third kappa shape index (κ3) is 3.80. The SMILES string of the molecule is CN(C)C(=O)c1cc(NC2CCSCC2)ccc1Cl. The molecule has 1 heterocycles. The molecule has 0 spiro atoms. The van der Waals surface area contributed by atoms with Crippen LogP contribution in [0.4, 0.5) is 5.69 Å². The number of nitrogens with zero attached hydrogens (tertiary/aromatic N) is 1. The number of nitrogens with one attached hydrogen (secondary N) is 1. The van der Waals surface area contributed by atoms with Gasteiger partial charge in [-0.3, -0.25) is 4.79 Å². The molecule has 1 N–H and O–H groups in total. The highest BCUT2D eigenvalue weighted by atomic mass is 35.5. The van der Waals surface area contributed by atoms with Gasteiger partial charge in [0.2, 0.25) is 0 Å². The van der Waals surface area contributed by atoms with Crippen molar-refractivity contribution >= 4 is 35.0 Å². The largest absolute Gasteiger partial charge is 0.382 e. The van der Waals surface area contributed by atoms with Crippen LogP contribution in [0.2, 0.25) is 5.02 Å². The summed E-state index contributed by atoms with van der Waals surface area (Å²) in [6, 6.07) is 6.09. The van der Waals surface area contributed by atoms with Gasteiger partial charge in [-0.05, 0) is 42.5 Å². The number of carbonyl (C=O) groups excluding carboxylic acids is 1. The van der Waals surface area contributed by atoms with E-state index >= 15 is 0 Å². The van der Waals surface area contributed by atoms with Crippen molar-refractivity contribution in [2.24, 2.45) is 0 Å². The first-order valence-electron chi connectivity index (χ1n) is 6.43. The molecule has 0 unspecified atom stereocenters. The summed E-state index contributed by atoms with van der Waals surface area (Å²) in [6.07, 6.45) is 2.34. The number of halogens is 1. The molecule has 1 amide bonds. The minimum absolute atomic E-state index is 0.0622. The maximum absolute atomic E-state index is 12.0. The fourth-order valence-electron chi connectivity index (χ4n) is 2.10. The van der Waals surface area contributed by atoms with Crippen LogP contribution in [0.25, 0.3) is 0 Å². The quantitative estimate of drug-likeness (QED) is 0.929. The molecule has 2 rings (SSSR count). The maximum atomic E-state index is 12.0. The van der Waals surface area contributed by atoms with Crippen LogP contribution in [-0.2, 0) is 0 Å². The van der Waals surface area contributed by atoms with E-state index in [9.17, 15) is 4.79 Å². The molecule has 5 heteroatoms. The molecule has 104 valence electrons. The van der Waals surface area contributed by atoms with Gasteiger partial charge in [0.25, 0.3) is 5.91 Å². The van der Waals surface area contributed by atoms with Gasteiger partial charge >= 0.3 is 0 Å². The van der Waals surface area contributed by atoms with Crippen molar-refractivity contribution in [3.63, 3.8) is 0 Å². The average molecular weight is 299 g/mol. The predicted molar refractivity (Wildman–Crippen MR) is 83.4 cm³/mol. The van der Waals surface area contributed by atoms with Gasteiger partial charge in [0.05, 0.1) is 10.6 Å². The van der Waals surface area contributed by atoms with E-state index < -0.39 is 0 Å². The zero-order valence-corrected chi connectivity index (χ0v) is 12.9. The van der Waals surface area contributed by atoms with Crippen molar-refractivity contribution in [3.05, 3.63) is 28.8 Å². The van der Waals surface area contributed by atoms with Crippen LogP contribution >= 0.6 is 23.4 Å². The topological polar surface area (TPSA) is 32.3 Å². The van der Waals surface area contributed by atoms with E-state index in [1.165, 1.54) is 24.3 Å². The summed E-state index contributed by atoms with van der Waals surface area (Å²) in [5.74, 6) is 2.34. The number of hydrogen-bond donors (Lipinski definition) is 1. The number of anilines is 1. The molecule has 1 saturated heterocycles. The van der Waals surface area contributed by atoms with E-state index in [1.54, 1.807) is 25.1 Å². The lowest BCUT2D eigenvalue weighted by atomic mass is 10.1. The third-order valence-corrected chi connectivity index (χ3v) is 4.57. The van der Waals surface area contributed by atoms with E-state index in [0.717, 1.165) is 5.69 Å². The molecule has 0 aromatic heterocycles. The Morgan fingerprint density at radius 3 is 2.68 bits per heavy atom. The Labute approximate surface area is 123 Å². The lowest BCUT2D eigenvalue weighted by molar-refractivity contribution is 0.0828. The second-order valence-corrected chi connectivity index (χ2v) is 6.56. The second-order valence-electron chi connectivity index (χ2n) is 4.93. The summed E-state index contributed by atoms with van der Waals surface area (Å²) in [5, 5.41) is 4.00. The molecule has 0 aliphatic carbocycles. The van der Waals surface area contributed by atoms with Crippen molar-refractivity contribution < 1.29 is 4.79 Å². The molecule has 1 fully saturated rings. The lowest BCUT2D eigenvalue weighted by Crippen LogP contribution is -2.25. The summed E-state index contributed by atoms with van der Waals surface area (Å²) in [6.45, 7) is 0. The lowest BCUT2D eigenvalue weighted by Gasteiger charge is -2.24. The Morgan fingerprint density at radius 1 is 1.37 bits per heavy atom. The molecule has 1 aliphatic heterocycles. The molecule has 1 aromatic rings. The van der Waals surface area contributed by atoms with E-state index in [2.05, 4.69) is 5.32 Å². The first-order valence-corrected chi connectivity index (χ1v) is 7.96. The highest BCUT2D eigenvalue weighted by Crippen LogP contribution is 2.25. The van der Waals surface area contributed by atoms with Gasteiger partial charge in [0.1, 0.15) is 0 Å². The van der Waals surface area contributed by atoms with Crippen LogP contribution < -0.4 is 5.32 Å². The van der Waals surface area contributed by atoms with Crippen molar-refractivity contribution in [3.8, 4) is 0 Å². The summed E-state index contributed by atoms with van der Waals surface area (Å²) in [7, 11) is 3.47.